The molecule has 2 aromatic rings. The molecule has 10 heteroatoms. The molecule has 28 heavy (non-hydrogen) atoms. The molecule has 0 aliphatic heterocycles. The van der Waals surface area contributed by atoms with Gasteiger partial charge in [0.1, 0.15) is 5.84 Å². The van der Waals surface area contributed by atoms with Crippen molar-refractivity contribution >= 4 is 33.4 Å². The van der Waals surface area contributed by atoms with Crippen molar-refractivity contribution in [2.75, 3.05) is 11.9 Å². The standard InChI is InChI=1S/C18H20N4O5S/c19-17(20)12-5-9-15(10-6-12)28(26,27)21-11-1-2-16(23)22-14-7-3-13(4-8-14)18(24)25/h3-10,21H,1-2,11H2,(H3,19,20)(H,22,23)(H,24,25). The highest BCUT2D eigenvalue weighted by Gasteiger charge is 2.14. The van der Waals surface area contributed by atoms with Crippen LogP contribution in [-0.2, 0) is 14.8 Å². The minimum atomic E-state index is -3.72. The summed E-state index contributed by atoms with van der Waals surface area (Å²) in [5.74, 6) is -1.52. The van der Waals surface area contributed by atoms with Gasteiger partial charge in [-0.3, -0.25) is 10.2 Å². The molecule has 1 amide bonds. The average molecular weight is 404 g/mol. The lowest BCUT2D eigenvalue weighted by atomic mass is 10.2. The zero-order chi connectivity index (χ0) is 20.7. The van der Waals surface area contributed by atoms with Crippen LogP contribution in [0.1, 0.15) is 28.8 Å². The molecule has 0 saturated heterocycles. The predicted octanol–water partition coefficient (Wildman–Crippen LogP) is 1.37. The van der Waals surface area contributed by atoms with Gasteiger partial charge in [0.05, 0.1) is 10.5 Å². The quantitative estimate of drug-likeness (QED) is 0.241. The first-order valence-electron chi connectivity index (χ1n) is 8.26. The van der Waals surface area contributed by atoms with Gasteiger partial charge in [-0.05, 0) is 55.0 Å². The van der Waals surface area contributed by atoms with E-state index in [2.05, 4.69) is 10.0 Å². The van der Waals surface area contributed by atoms with Crippen LogP contribution in [0, 0.1) is 5.41 Å². The Hall–Kier alpha value is -3.24. The fourth-order valence-corrected chi connectivity index (χ4v) is 3.35. The van der Waals surface area contributed by atoms with E-state index in [4.69, 9.17) is 16.2 Å². The Morgan fingerprint density at radius 1 is 1.00 bits per heavy atom. The number of nitrogen functional groups attached to an aromatic ring is 1. The third-order valence-corrected chi connectivity index (χ3v) is 5.24. The molecule has 0 fully saturated rings. The summed E-state index contributed by atoms with van der Waals surface area (Å²) >= 11 is 0. The SMILES string of the molecule is N=C(N)c1ccc(S(=O)(=O)NCCCC(=O)Nc2ccc(C(=O)O)cc2)cc1. The van der Waals surface area contributed by atoms with Crippen LogP contribution in [0.4, 0.5) is 5.69 Å². The van der Waals surface area contributed by atoms with Crippen LogP contribution in [0.25, 0.3) is 0 Å². The van der Waals surface area contributed by atoms with E-state index in [1.54, 1.807) is 0 Å². The number of nitrogens with one attached hydrogen (secondary N) is 3. The molecule has 0 unspecified atom stereocenters. The van der Waals surface area contributed by atoms with Gasteiger partial charge in [-0.15, -0.1) is 0 Å². The van der Waals surface area contributed by atoms with Crippen LogP contribution < -0.4 is 15.8 Å². The Balaban J connectivity index is 1.80. The molecule has 0 aliphatic carbocycles. The molecule has 2 aromatic carbocycles. The Morgan fingerprint density at radius 2 is 1.57 bits per heavy atom. The van der Waals surface area contributed by atoms with Crippen LogP contribution in [0.15, 0.2) is 53.4 Å². The first kappa shape index (κ1) is 21.1. The molecule has 6 N–H and O–H groups in total. The average Bonchev–Trinajstić information content (AvgIpc) is 2.66. The first-order valence-corrected chi connectivity index (χ1v) is 9.75. The number of nitrogens with two attached hydrogens (primary N) is 1. The number of aromatic carboxylic acids is 1. The van der Waals surface area contributed by atoms with Crippen molar-refractivity contribution in [3.05, 3.63) is 59.7 Å². The summed E-state index contributed by atoms with van der Waals surface area (Å²) in [6.45, 7) is 0.0716. The Bertz CT molecular complexity index is 970. The zero-order valence-electron chi connectivity index (χ0n) is 14.8. The highest BCUT2D eigenvalue weighted by atomic mass is 32.2. The lowest BCUT2D eigenvalue weighted by molar-refractivity contribution is -0.116. The summed E-state index contributed by atoms with van der Waals surface area (Å²) in [5.41, 5.74) is 6.33. The second-order valence-electron chi connectivity index (χ2n) is 5.87. The summed E-state index contributed by atoms with van der Waals surface area (Å²) in [7, 11) is -3.72. The minimum absolute atomic E-state index is 0.0421. The number of anilines is 1. The number of rotatable bonds is 9. The molecule has 148 valence electrons. The Labute approximate surface area is 162 Å². The van der Waals surface area contributed by atoms with Gasteiger partial charge in [0, 0.05) is 24.2 Å². The highest BCUT2D eigenvalue weighted by Crippen LogP contribution is 2.12. The third kappa shape index (κ3) is 5.89. The van der Waals surface area contributed by atoms with Crippen LogP contribution in [0.5, 0.6) is 0 Å². The molecule has 0 heterocycles. The molecule has 9 nitrogen and oxygen atoms in total. The van der Waals surface area contributed by atoms with Gasteiger partial charge in [0.2, 0.25) is 15.9 Å². The van der Waals surface area contributed by atoms with Crippen LogP contribution >= 0.6 is 0 Å². The molecular formula is C18H20N4O5S. The number of hydrogen-bond acceptors (Lipinski definition) is 5. The molecule has 2 rings (SSSR count). The monoisotopic (exact) mass is 404 g/mol. The van der Waals surface area contributed by atoms with Crippen LogP contribution in [0.3, 0.4) is 0 Å². The van der Waals surface area contributed by atoms with Gasteiger partial charge in [-0.25, -0.2) is 17.9 Å². The summed E-state index contributed by atoms with van der Waals surface area (Å²) in [4.78, 5) is 22.7. The maximum absolute atomic E-state index is 12.2. The highest BCUT2D eigenvalue weighted by molar-refractivity contribution is 7.89. The van der Waals surface area contributed by atoms with Crippen molar-refractivity contribution in [2.24, 2.45) is 5.73 Å². The van der Waals surface area contributed by atoms with Crippen molar-refractivity contribution in [1.29, 1.82) is 5.41 Å². The van der Waals surface area contributed by atoms with Gasteiger partial charge in [0.25, 0.3) is 0 Å². The molecule has 0 bridgehead atoms. The number of sulfonamides is 1. The minimum Gasteiger partial charge on any atom is -0.478 e. The van der Waals surface area contributed by atoms with Gasteiger partial charge < -0.3 is 16.2 Å². The van der Waals surface area contributed by atoms with Gasteiger partial charge in [-0.1, -0.05) is 0 Å². The molecule has 0 aromatic heterocycles. The van der Waals surface area contributed by atoms with Crippen molar-refractivity contribution in [2.45, 2.75) is 17.7 Å². The predicted molar refractivity (Wildman–Crippen MR) is 104 cm³/mol. The maximum Gasteiger partial charge on any atom is 0.335 e. The molecule has 0 saturated carbocycles. The number of amidine groups is 1. The number of carbonyl (C=O) groups excluding carboxylic acids is 1. The number of carbonyl (C=O) groups is 2. The van der Waals surface area contributed by atoms with E-state index < -0.39 is 16.0 Å². The van der Waals surface area contributed by atoms with Crippen LogP contribution in [-0.4, -0.2) is 37.8 Å². The van der Waals surface area contributed by atoms with Crippen molar-refractivity contribution in [1.82, 2.24) is 4.72 Å². The second kappa shape index (κ2) is 9.11. The van der Waals surface area contributed by atoms with E-state index in [1.165, 1.54) is 48.5 Å². The third-order valence-electron chi connectivity index (χ3n) is 3.76. The number of benzene rings is 2. The van der Waals surface area contributed by atoms with Crippen molar-refractivity contribution < 1.29 is 23.1 Å². The number of amides is 1. The lowest BCUT2D eigenvalue weighted by Crippen LogP contribution is -2.26. The molecule has 0 atom stereocenters. The smallest absolute Gasteiger partial charge is 0.335 e. The van der Waals surface area contributed by atoms with E-state index in [0.29, 0.717) is 11.3 Å². The van der Waals surface area contributed by atoms with Gasteiger partial charge >= 0.3 is 5.97 Å². The largest absolute Gasteiger partial charge is 0.478 e. The van der Waals surface area contributed by atoms with Crippen LogP contribution in [0.2, 0.25) is 0 Å². The molecule has 0 spiro atoms. The number of hydrogen-bond donors (Lipinski definition) is 5. The van der Waals surface area contributed by atoms with E-state index in [1.807, 2.05) is 0 Å². The molecular weight excluding hydrogens is 384 g/mol. The fourth-order valence-electron chi connectivity index (χ4n) is 2.27. The lowest BCUT2D eigenvalue weighted by Gasteiger charge is -2.08. The van der Waals surface area contributed by atoms with E-state index in [-0.39, 0.29) is 41.6 Å². The first-order chi connectivity index (χ1) is 13.2. The molecule has 0 radical (unpaired) electrons. The summed E-state index contributed by atoms with van der Waals surface area (Å²) < 4.78 is 26.8. The topological polar surface area (TPSA) is 162 Å². The summed E-state index contributed by atoms with van der Waals surface area (Å²) in [6.07, 6.45) is 0.371. The van der Waals surface area contributed by atoms with Gasteiger partial charge in [-0.2, -0.15) is 0 Å². The van der Waals surface area contributed by atoms with E-state index in [9.17, 15) is 18.0 Å². The number of carboxylic acids is 1. The van der Waals surface area contributed by atoms with Crippen molar-refractivity contribution in [3.8, 4) is 0 Å². The maximum atomic E-state index is 12.2. The van der Waals surface area contributed by atoms with Gasteiger partial charge in [0.15, 0.2) is 0 Å². The van der Waals surface area contributed by atoms with Crippen molar-refractivity contribution in [3.63, 3.8) is 0 Å². The summed E-state index contributed by atoms with van der Waals surface area (Å²) in [6, 6.07) is 11.3. The Morgan fingerprint density at radius 3 is 2.11 bits per heavy atom. The Kier molecular flexibility index (Phi) is 6.85. The van der Waals surface area contributed by atoms with E-state index >= 15 is 0 Å². The second-order valence-corrected chi connectivity index (χ2v) is 7.64. The zero-order valence-corrected chi connectivity index (χ0v) is 15.6. The number of carboxylic acid groups (broad SMARTS) is 1. The van der Waals surface area contributed by atoms with E-state index in [0.717, 1.165) is 0 Å². The molecule has 0 aliphatic rings. The fraction of sp³-hybridized carbons (Fsp3) is 0.167. The normalized spacial score (nSPS) is 11.0. The summed E-state index contributed by atoms with van der Waals surface area (Å²) in [5, 5.41) is 18.7.